The van der Waals surface area contributed by atoms with Gasteiger partial charge in [0.15, 0.2) is 0 Å². The van der Waals surface area contributed by atoms with Crippen molar-refractivity contribution in [2.45, 2.75) is 25.7 Å². The molecule has 0 aromatic carbocycles. The third-order valence-electron chi connectivity index (χ3n) is 3.93. The Morgan fingerprint density at radius 2 is 2.20 bits per heavy atom. The fourth-order valence-corrected chi connectivity index (χ4v) is 2.87. The van der Waals surface area contributed by atoms with Gasteiger partial charge in [-0.15, -0.1) is 0 Å². The Morgan fingerprint density at radius 1 is 1.20 bits per heavy atom. The van der Waals surface area contributed by atoms with E-state index in [1.165, 1.54) is 36.8 Å². The number of nitrogens with zero attached hydrogens (tertiary/aromatic N) is 3. The lowest BCUT2D eigenvalue weighted by Crippen LogP contribution is -1.95. The molecule has 3 aromatic heterocycles. The molecule has 4 heteroatoms. The van der Waals surface area contributed by atoms with Crippen molar-refractivity contribution >= 4 is 16.6 Å². The fourth-order valence-electron chi connectivity index (χ4n) is 2.87. The summed E-state index contributed by atoms with van der Waals surface area (Å²) < 4.78 is 1.95. The van der Waals surface area contributed by atoms with E-state index in [4.69, 9.17) is 0 Å². The van der Waals surface area contributed by atoms with E-state index in [2.05, 4.69) is 27.3 Å². The highest BCUT2D eigenvalue weighted by molar-refractivity contribution is 5.84. The SMILES string of the molecule is C1=C(c2cnn(-c3ccnc4[nH]ccc34)c2)CCCC1. The third-order valence-corrected chi connectivity index (χ3v) is 3.93. The Labute approximate surface area is 117 Å². The van der Waals surface area contributed by atoms with Gasteiger partial charge in [0.25, 0.3) is 0 Å². The number of pyridine rings is 1. The first kappa shape index (κ1) is 11.5. The topological polar surface area (TPSA) is 46.5 Å². The van der Waals surface area contributed by atoms with Gasteiger partial charge < -0.3 is 4.98 Å². The van der Waals surface area contributed by atoms with Crippen LogP contribution in [0.4, 0.5) is 0 Å². The molecule has 4 rings (SSSR count). The van der Waals surface area contributed by atoms with Crippen molar-refractivity contribution in [1.29, 1.82) is 0 Å². The molecular formula is C16H16N4. The molecule has 0 atom stereocenters. The van der Waals surface area contributed by atoms with Crippen molar-refractivity contribution in [3.8, 4) is 5.69 Å². The van der Waals surface area contributed by atoms with Crippen molar-refractivity contribution in [2.24, 2.45) is 0 Å². The van der Waals surface area contributed by atoms with Gasteiger partial charge in [-0.25, -0.2) is 9.67 Å². The second-order valence-corrected chi connectivity index (χ2v) is 5.22. The minimum absolute atomic E-state index is 0.899. The van der Waals surface area contributed by atoms with E-state index in [-0.39, 0.29) is 0 Å². The van der Waals surface area contributed by atoms with E-state index < -0.39 is 0 Å². The van der Waals surface area contributed by atoms with E-state index in [0.717, 1.165) is 16.7 Å². The quantitative estimate of drug-likeness (QED) is 0.767. The monoisotopic (exact) mass is 264 g/mol. The van der Waals surface area contributed by atoms with Crippen molar-refractivity contribution in [3.63, 3.8) is 0 Å². The van der Waals surface area contributed by atoms with Crippen molar-refractivity contribution in [2.75, 3.05) is 0 Å². The lowest BCUT2D eigenvalue weighted by molar-refractivity contribution is 0.742. The predicted molar refractivity (Wildman–Crippen MR) is 79.7 cm³/mol. The standard InChI is InChI=1S/C16H16N4/c1-2-4-12(5-3-1)13-10-19-20(11-13)15-7-9-18-16-14(15)6-8-17-16/h4,6-11H,1-3,5H2,(H,17,18). The molecule has 1 N–H and O–H groups in total. The number of nitrogens with one attached hydrogen (secondary N) is 1. The molecule has 20 heavy (non-hydrogen) atoms. The summed E-state index contributed by atoms with van der Waals surface area (Å²) in [7, 11) is 0. The lowest BCUT2D eigenvalue weighted by atomic mass is 9.96. The largest absolute Gasteiger partial charge is 0.346 e. The Hall–Kier alpha value is -2.36. The van der Waals surface area contributed by atoms with Gasteiger partial charge in [-0.2, -0.15) is 5.10 Å². The lowest BCUT2D eigenvalue weighted by Gasteiger charge is -2.10. The molecule has 1 aliphatic carbocycles. The molecule has 0 fully saturated rings. The second-order valence-electron chi connectivity index (χ2n) is 5.22. The summed E-state index contributed by atoms with van der Waals surface area (Å²) >= 11 is 0. The first-order valence-corrected chi connectivity index (χ1v) is 7.08. The van der Waals surface area contributed by atoms with Crippen LogP contribution >= 0.6 is 0 Å². The second kappa shape index (κ2) is 4.63. The van der Waals surface area contributed by atoms with Crippen molar-refractivity contribution < 1.29 is 0 Å². The molecule has 0 amide bonds. The third kappa shape index (κ3) is 1.84. The Bertz CT molecular complexity index is 778. The number of hydrogen-bond acceptors (Lipinski definition) is 2. The molecular weight excluding hydrogens is 248 g/mol. The summed E-state index contributed by atoms with van der Waals surface area (Å²) in [5.41, 5.74) is 4.64. The van der Waals surface area contributed by atoms with Gasteiger partial charge in [0, 0.05) is 29.5 Å². The highest BCUT2D eigenvalue weighted by atomic mass is 15.3. The van der Waals surface area contributed by atoms with Crippen LogP contribution in [0.1, 0.15) is 31.2 Å². The summed E-state index contributed by atoms with van der Waals surface area (Å²) in [5.74, 6) is 0. The van der Waals surface area contributed by atoms with Gasteiger partial charge in [-0.1, -0.05) is 6.08 Å². The van der Waals surface area contributed by atoms with Crippen LogP contribution in [0.25, 0.3) is 22.3 Å². The van der Waals surface area contributed by atoms with Crippen LogP contribution in [0.15, 0.2) is 43.0 Å². The number of aromatic nitrogens is 4. The molecule has 0 saturated heterocycles. The summed E-state index contributed by atoms with van der Waals surface area (Å²) in [6.45, 7) is 0. The number of fused-ring (bicyclic) bond motifs is 1. The fraction of sp³-hybridized carbons (Fsp3) is 0.250. The number of H-pyrrole nitrogens is 1. The van der Waals surface area contributed by atoms with E-state index >= 15 is 0 Å². The van der Waals surface area contributed by atoms with Crippen molar-refractivity contribution in [3.05, 3.63) is 48.6 Å². The van der Waals surface area contributed by atoms with E-state index in [0.29, 0.717) is 0 Å². The zero-order valence-electron chi connectivity index (χ0n) is 11.2. The molecule has 100 valence electrons. The van der Waals surface area contributed by atoms with Crippen LogP contribution in [-0.2, 0) is 0 Å². The minimum Gasteiger partial charge on any atom is -0.346 e. The van der Waals surface area contributed by atoms with Crippen LogP contribution in [-0.4, -0.2) is 19.7 Å². The Morgan fingerprint density at radius 3 is 3.10 bits per heavy atom. The van der Waals surface area contributed by atoms with Gasteiger partial charge in [-0.3, -0.25) is 0 Å². The molecule has 0 radical (unpaired) electrons. The number of aromatic amines is 1. The van der Waals surface area contributed by atoms with Gasteiger partial charge in [-0.05, 0) is 43.4 Å². The summed E-state index contributed by atoms with van der Waals surface area (Å²) in [4.78, 5) is 7.45. The first-order valence-electron chi connectivity index (χ1n) is 7.08. The molecule has 0 bridgehead atoms. The van der Waals surface area contributed by atoms with Gasteiger partial charge in [0.2, 0.25) is 0 Å². The van der Waals surface area contributed by atoms with Crippen LogP contribution in [0.5, 0.6) is 0 Å². The number of rotatable bonds is 2. The average Bonchev–Trinajstić information content (AvgIpc) is 3.17. The van der Waals surface area contributed by atoms with Crippen molar-refractivity contribution in [1.82, 2.24) is 19.7 Å². The maximum absolute atomic E-state index is 4.53. The predicted octanol–water partition coefficient (Wildman–Crippen LogP) is 3.71. The Balaban J connectivity index is 1.78. The van der Waals surface area contributed by atoms with Crippen LogP contribution in [0.2, 0.25) is 0 Å². The van der Waals surface area contributed by atoms with Crippen LogP contribution in [0, 0.1) is 0 Å². The Kier molecular flexibility index (Phi) is 2.66. The normalized spacial score (nSPS) is 15.5. The van der Waals surface area contributed by atoms with Gasteiger partial charge in [0.1, 0.15) is 5.65 Å². The van der Waals surface area contributed by atoms with Crippen LogP contribution < -0.4 is 0 Å². The molecule has 1 aliphatic rings. The molecule has 4 nitrogen and oxygen atoms in total. The van der Waals surface area contributed by atoms with Gasteiger partial charge >= 0.3 is 0 Å². The van der Waals surface area contributed by atoms with Gasteiger partial charge in [0.05, 0.1) is 11.9 Å². The minimum atomic E-state index is 0.899. The highest BCUT2D eigenvalue weighted by Gasteiger charge is 2.11. The number of allylic oxidation sites excluding steroid dienone is 2. The smallest absolute Gasteiger partial charge is 0.139 e. The maximum atomic E-state index is 4.53. The molecule has 3 aromatic rings. The van der Waals surface area contributed by atoms with E-state index in [1.807, 2.05) is 35.4 Å². The van der Waals surface area contributed by atoms with E-state index in [1.54, 1.807) is 0 Å². The summed E-state index contributed by atoms with van der Waals surface area (Å²) in [6.07, 6.45) is 15.1. The summed E-state index contributed by atoms with van der Waals surface area (Å²) in [6, 6.07) is 4.04. The van der Waals surface area contributed by atoms with Crippen LogP contribution in [0.3, 0.4) is 0 Å². The van der Waals surface area contributed by atoms with E-state index in [9.17, 15) is 0 Å². The molecule has 0 unspecified atom stereocenters. The first-order chi connectivity index (χ1) is 9.92. The zero-order chi connectivity index (χ0) is 13.4. The molecule has 3 heterocycles. The zero-order valence-corrected chi connectivity index (χ0v) is 11.2. The average molecular weight is 264 g/mol. The molecule has 0 spiro atoms. The number of hydrogen-bond donors (Lipinski definition) is 1. The maximum Gasteiger partial charge on any atom is 0.139 e. The highest BCUT2D eigenvalue weighted by Crippen LogP contribution is 2.27. The molecule has 0 aliphatic heterocycles. The molecule has 0 saturated carbocycles. The summed E-state index contributed by atoms with van der Waals surface area (Å²) in [5, 5.41) is 5.62.